The van der Waals surface area contributed by atoms with Crippen molar-refractivity contribution in [2.75, 3.05) is 71.5 Å². The predicted octanol–water partition coefficient (Wildman–Crippen LogP) is 5.11. The molecule has 3 aliphatic rings. The summed E-state index contributed by atoms with van der Waals surface area (Å²) in [7, 11) is 9.33. The van der Waals surface area contributed by atoms with Crippen LogP contribution in [0.5, 0.6) is 0 Å². The standard InChI is InChI=1S/C56H55BN12O8/c1-56(31-71,47(73)29-69-45-20-7-5-16-38(45)49(43-18-9-11-22-61-43)65-51(53(69)75)66-54(76)62-34-14-12-13-33(25-34)58-2)40-27-39(40)32-23-35(59-3)26-36(24-32)63-55(77)67-50-52(74)68(28-46(72)41(57)30-70)44-19-6-4-15-37(44)48(64-50)42-17-8-10-21-60-42/h4-26,39-41,50-51,58-59,70-71H,27-31H2,1-3H3,(H2,62,66,76)(H2,63,67,77)/t39?,40?,41-,50+,51+,56-/m1/s1. The second-order valence-electron chi connectivity index (χ2n) is 18.9. The molecule has 390 valence electrons. The predicted molar refractivity (Wildman–Crippen MR) is 294 cm³/mol. The smallest absolute Gasteiger partial charge is 0.321 e. The fourth-order valence-corrected chi connectivity index (χ4v) is 9.58. The number of aliphatic hydroxyl groups is 2. The summed E-state index contributed by atoms with van der Waals surface area (Å²) >= 11 is 0. The molecule has 6 aromatic rings. The zero-order valence-electron chi connectivity index (χ0n) is 42.3. The highest BCUT2D eigenvalue weighted by molar-refractivity contribution is 6.26. The number of nitrogens with one attached hydrogen (secondary N) is 6. The minimum Gasteiger partial charge on any atom is -0.396 e. The fraction of sp³-hybridized carbons (Fsp3) is 0.250. The molecule has 9 rings (SSSR count). The first kappa shape index (κ1) is 52.8. The van der Waals surface area contributed by atoms with E-state index in [0.717, 1.165) is 11.3 Å². The largest absolute Gasteiger partial charge is 0.396 e. The van der Waals surface area contributed by atoms with Crippen LogP contribution in [0.3, 0.4) is 0 Å². The van der Waals surface area contributed by atoms with E-state index in [0.29, 0.717) is 63.1 Å². The maximum atomic E-state index is 14.9. The third kappa shape index (κ3) is 11.3. The molecule has 2 radical (unpaired) electrons. The lowest BCUT2D eigenvalue weighted by atomic mass is 9.79. The number of para-hydroxylation sites is 2. The lowest BCUT2D eigenvalue weighted by Crippen LogP contribution is -2.52. The van der Waals surface area contributed by atoms with E-state index in [1.54, 1.807) is 149 Å². The fourth-order valence-electron chi connectivity index (χ4n) is 9.58. The maximum Gasteiger partial charge on any atom is 0.321 e. The Morgan fingerprint density at radius 3 is 1.69 bits per heavy atom. The third-order valence-electron chi connectivity index (χ3n) is 13.9. The Morgan fingerprint density at radius 1 is 0.649 bits per heavy atom. The SMILES string of the molecule is [B][C@H](CO)C(=O)CN1C(=O)[C@H](NC(=O)Nc2cc(NC)cc(C3CC3[C@@](C)(CO)C(=O)CN3C(=O)[C@H](NC(=O)Nc4cccc(NC)c4)N=C(c4ccccn4)c4ccccc43)c2)N=C(c2ccccn2)c2ccccc21. The molecule has 2 unspecified atom stereocenters. The van der Waals surface area contributed by atoms with Crippen LogP contribution in [0.2, 0.25) is 5.82 Å². The minimum absolute atomic E-state index is 0.278. The van der Waals surface area contributed by atoms with Gasteiger partial charge in [0.1, 0.15) is 5.78 Å². The van der Waals surface area contributed by atoms with Crippen LogP contribution in [0.15, 0.2) is 150 Å². The summed E-state index contributed by atoms with van der Waals surface area (Å²) in [5.74, 6) is -4.47. The van der Waals surface area contributed by atoms with Gasteiger partial charge in [-0.3, -0.25) is 29.1 Å². The molecule has 2 aliphatic heterocycles. The molecule has 20 nitrogen and oxygen atoms in total. The number of benzene rings is 4. The first-order valence-electron chi connectivity index (χ1n) is 24.8. The van der Waals surface area contributed by atoms with Crippen molar-refractivity contribution < 1.29 is 39.0 Å². The monoisotopic (exact) mass is 1030 g/mol. The summed E-state index contributed by atoms with van der Waals surface area (Å²) < 4.78 is 0. The first-order chi connectivity index (χ1) is 37.2. The number of nitrogens with zero attached hydrogens (tertiary/aromatic N) is 6. The number of anilines is 6. The molecule has 6 amide bonds. The maximum absolute atomic E-state index is 14.9. The molecule has 21 heteroatoms. The quantitative estimate of drug-likeness (QED) is 0.0522. The number of hydrogen-bond donors (Lipinski definition) is 8. The van der Waals surface area contributed by atoms with E-state index in [2.05, 4.69) is 41.9 Å². The summed E-state index contributed by atoms with van der Waals surface area (Å²) in [6, 6.07) is 34.9. The number of aliphatic hydroxyl groups excluding tert-OH is 2. The van der Waals surface area contributed by atoms with E-state index < -0.39 is 91.2 Å². The molecule has 0 bridgehead atoms. The van der Waals surface area contributed by atoms with Crippen molar-refractivity contribution in [3.63, 3.8) is 0 Å². The third-order valence-corrected chi connectivity index (χ3v) is 13.9. The minimum atomic E-state index is -1.56. The lowest BCUT2D eigenvalue weighted by molar-refractivity contribution is -0.132. The molecule has 77 heavy (non-hydrogen) atoms. The van der Waals surface area contributed by atoms with Crippen LogP contribution in [0.4, 0.5) is 43.7 Å². The van der Waals surface area contributed by atoms with E-state index in [-0.39, 0.29) is 11.6 Å². The molecule has 6 atom stereocenters. The number of aromatic nitrogens is 2. The van der Waals surface area contributed by atoms with Crippen molar-refractivity contribution in [1.29, 1.82) is 0 Å². The van der Waals surface area contributed by atoms with Crippen LogP contribution in [0, 0.1) is 11.3 Å². The Hall–Kier alpha value is -9.08. The van der Waals surface area contributed by atoms with E-state index in [1.807, 2.05) is 12.1 Å². The highest BCUT2D eigenvalue weighted by Crippen LogP contribution is 2.58. The molecule has 0 spiro atoms. The van der Waals surface area contributed by atoms with Gasteiger partial charge in [-0.05, 0) is 96.6 Å². The molecule has 2 aromatic heterocycles. The number of ketones is 2. The topological polar surface area (TPSA) is 272 Å². The molecule has 1 aliphatic carbocycles. The Bertz CT molecular complexity index is 3310. The molecule has 0 saturated heterocycles. The van der Waals surface area contributed by atoms with Gasteiger partial charge in [0, 0.05) is 72.8 Å². The normalized spacial score (nSPS) is 18.8. The molecular formula is C56H55BN12O8. The number of carbonyl (C=O) groups is 6. The Kier molecular flexibility index (Phi) is 15.6. The van der Waals surface area contributed by atoms with Crippen LogP contribution in [0.1, 0.15) is 47.3 Å². The van der Waals surface area contributed by atoms with Gasteiger partial charge in [0.05, 0.1) is 67.1 Å². The van der Waals surface area contributed by atoms with Gasteiger partial charge in [-0.1, -0.05) is 61.5 Å². The van der Waals surface area contributed by atoms with Crippen molar-refractivity contribution in [3.8, 4) is 0 Å². The van der Waals surface area contributed by atoms with E-state index in [4.69, 9.17) is 17.8 Å². The second-order valence-corrected chi connectivity index (χ2v) is 18.9. The van der Waals surface area contributed by atoms with Crippen molar-refractivity contribution in [3.05, 3.63) is 168 Å². The molecule has 1 fully saturated rings. The lowest BCUT2D eigenvalue weighted by Gasteiger charge is -2.31. The highest BCUT2D eigenvalue weighted by atomic mass is 16.3. The van der Waals surface area contributed by atoms with Crippen LogP contribution < -0.4 is 41.7 Å². The highest BCUT2D eigenvalue weighted by Gasteiger charge is 2.55. The van der Waals surface area contributed by atoms with Crippen LogP contribution in [0.25, 0.3) is 0 Å². The second kappa shape index (κ2) is 22.8. The summed E-state index contributed by atoms with van der Waals surface area (Å²) in [5, 5.41) is 37.9. The number of Topliss-reactive ketones (excluding diaryl/α,β-unsaturated/α-hetero) is 2. The Labute approximate surface area is 444 Å². The number of carbonyl (C=O) groups excluding carboxylic acids is 6. The van der Waals surface area contributed by atoms with Gasteiger partial charge in [-0.2, -0.15) is 0 Å². The average Bonchev–Trinajstić information content (AvgIpc) is 4.30. The number of benzodiazepines with no additional fused rings is 2. The molecular weight excluding hydrogens is 980 g/mol. The molecule has 8 N–H and O–H groups in total. The van der Waals surface area contributed by atoms with Crippen molar-refractivity contribution in [2.45, 2.75) is 37.4 Å². The van der Waals surface area contributed by atoms with Gasteiger partial charge >= 0.3 is 12.1 Å². The number of urea groups is 2. The summed E-state index contributed by atoms with van der Waals surface area (Å²) in [6.45, 7) is -0.528. The van der Waals surface area contributed by atoms with Gasteiger partial charge in [0.15, 0.2) is 5.78 Å². The Balaban J connectivity index is 0.957. The van der Waals surface area contributed by atoms with E-state index in [9.17, 15) is 39.0 Å². The Morgan fingerprint density at radius 2 is 1.16 bits per heavy atom. The van der Waals surface area contributed by atoms with Crippen LogP contribution >= 0.6 is 0 Å². The summed E-state index contributed by atoms with van der Waals surface area (Å²) in [4.78, 5) is 106. The van der Waals surface area contributed by atoms with Gasteiger partial charge in [-0.25, -0.2) is 19.6 Å². The van der Waals surface area contributed by atoms with Crippen molar-refractivity contribution in [2.24, 2.45) is 21.3 Å². The zero-order chi connectivity index (χ0) is 54.4. The van der Waals surface area contributed by atoms with Crippen LogP contribution in [-0.4, -0.2) is 128 Å². The van der Waals surface area contributed by atoms with Crippen LogP contribution in [-0.2, 0) is 19.2 Å². The number of fused-ring (bicyclic) bond motifs is 2. The van der Waals surface area contributed by atoms with E-state index >= 15 is 0 Å². The van der Waals surface area contributed by atoms with Gasteiger partial charge in [0.2, 0.25) is 12.3 Å². The number of hydrogen-bond acceptors (Lipinski definition) is 14. The molecule has 4 aromatic carbocycles. The average molecular weight is 1030 g/mol. The zero-order valence-corrected chi connectivity index (χ0v) is 42.3. The van der Waals surface area contributed by atoms with Crippen molar-refractivity contribution in [1.82, 2.24) is 20.6 Å². The van der Waals surface area contributed by atoms with Gasteiger partial charge in [-0.15, -0.1) is 0 Å². The molecule has 1 saturated carbocycles. The van der Waals surface area contributed by atoms with Crippen molar-refractivity contribution >= 4 is 88.8 Å². The summed E-state index contributed by atoms with van der Waals surface area (Å²) in [6.07, 6.45) is 0.550. The number of rotatable bonds is 18. The van der Waals surface area contributed by atoms with E-state index in [1.165, 1.54) is 9.80 Å². The number of pyridine rings is 2. The first-order valence-corrected chi connectivity index (χ1v) is 24.8. The summed E-state index contributed by atoms with van der Waals surface area (Å²) in [5.41, 5.74) is 4.53. The number of aliphatic imine (C=N–C) groups is 2. The van der Waals surface area contributed by atoms with Gasteiger partial charge in [0.25, 0.3) is 11.8 Å². The molecule has 4 heterocycles. The number of amides is 6. The van der Waals surface area contributed by atoms with Gasteiger partial charge < -0.3 is 51.9 Å².